The molecule has 2 aliphatic rings. The number of nitrogens with zero attached hydrogens (tertiary/aromatic N) is 4. The molecule has 0 saturated carbocycles. The van der Waals surface area contributed by atoms with E-state index < -0.39 is 0 Å². The monoisotopic (exact) mass is 325 g/mol. The Morgan fingerprint density at radius 3 is 3.17 bits per heavy atom. The zero-order valence-electron chi connectivity index (χ0n) is 14.0. The van der Waals surface area contributed by atoms with Crippen LogP contribution < -0.4 is 5.32 Å². The summed E-state index contributed by atoms with van der Waals surface area (Å²) in [4.78, 5) is 13.6. The van der Waals surface area contributed by atoms with Gasteiger partial charge >= 0.3 is 0 Å². The molecule has 2 heterocycles. The molecule has 1 saturated heterocycles. The second-order valence-electron chi connectivity index (χ2n) is 6.86. The minimum absolute atomic E-state index is 0.0883. The first-order valence-corrected chi connectivity index (χ1v) is 8.68. The molecule has 0 bridgehead atoms. The molecule has 2 aromatic rings. The Labute approximate surface area is 141 Å². The molecule has 1 aliphatic heterocycles. The molecule has 1 atom stereocenters. The van der Waals surface area contributed by atoms with Crippen LogP contribution in [0.15, 0.2) is 24.4 Å². The zero-order valence-corrected chi connectivity index (χ0v) is 14.0. The van der Waals surface area contributed by atoms with Crippen molar-refractivity contribution in [2.24, 2.45) is 0 Å². The van der Waals surface area contributed by atoms with E-state index in [0.29, 0.717) is 19.6 Å². The summed E-state index contributed by atoms with van der Waals surface area (Å²) in [5.41, 5.74) is 5.04. The predicted molar refractivity (Wildman–Crippen MR) is 90.6 cm³/mol. The lowest BCUT2D eigenvalue weighted by Crippen LogP contribution is -2.47. The van der Waals surface area contributed by atoms with Crippen LogP contribution in [0.4, 0.5) is 0 Å². The molecule has 0 spiro atoms. The number of benzene rings is 1. The lowest BCUT2D eigenvalue weighted by molar-refractivity contribution is -0.124. The SMILES string of the molecule is Cc1ccc2c(c1)[C@H](n1cc(CN3CCNC(=O)C3)nn1)CCC2. The summed E-state index contributed by atoms with van der Waals surface area (Å²) in [5, 5.41) is 11.6. The van der Waals surface area contributed by atoms with Gasteiger partial charge in [-0.25, -0.2) is 4.68 Å². The molecule has 4 rings (SSSR count). The van der Waals surface area contributed by atoms with Gasteiger partial charge in [-0.1, -0.05) is 29.0 Å². The summed E-state index contributed by atoms with van der Waals surface area (Å²) in [6.07, 6.45) is 5.48. The zero-order chi connectivity index (χ0) is 16.5. The molecule has 0 unspecified atom stereocenters. The van der Waals surface area contributed by atoms with E-state index in [2.05, 4.69) is 51.8 Å². The maximum Gasteiger partial charge on any atom is 0.234 e. The first-order valence-electron chi connectivity index (χ1n) is 8.68. The predicted octanol–water partition coefficient (Wildman–Crippen LogP) is 1.44. The van der Waals surface area contributed by atoms with Gasteiger partial charge in [0.2, 0.25) is 5.91 Å². The van der Waals surface area contributed by atoms with E-state index in [-0.39, 0.29) is 11.9 Å². The number of hydrogen-bond acceptors (Lipinski definition) is 4. The molecule has 24 heavy (non-hydrogen) atoms. The van der Waals surface area contributed by atoms with Gasteiger partial charge in [0.05, 0.1) is 24.5 Å². The van der Waals surface area contributed by atoms with Gasteiger partial charge in [0.15, 0.2) is 0 Å². The number of hydrogen-bond donors (Lipinski definition) is 1. The van der Waals surface area contributed by atoms with Crippen molar-refractivity contribution in [1.29, 1.82) is 0 Å². The molecule has 1 aromatic heterocycles. The van der Waals surface area contributed by atoms with Gasteiger partial charge in [0.1, 0.15) is 0 Å². The number of rotatable bonds is 3. The van der Waals surface area contributed by atoms with Gasteiger partial charge in [-0.15, -0.1) is 5.10 Å². The molecule has 6 heteroatoms. The number of aromatic nitrogens is 3. The number of fused-ring (bicyclic) bond motifs is 1. The van der Waals surface area contributed by atoms with Crippen molar-refractivity contribution in [2.45, 2.75) is 38.8 Å². The fourth-order valence-corrected chi connectivity index (χ4v) is 3.76. The average Bonchev–Trinajstić information content (AvgIpc) is 3.02. The molecule has 1 fully saturated rings. The van der Waals surface area contributed by atoms with Crippen molar-refractivity contribution in [1.82, 2.24) is 25.2 Å². The smallest absolute Gasteiger partial charge is 0.234 e. The van der Waals surface area contributed by atoms with E-state index in [1.165, 1.54) is 23.1 Å². The minimum Gasteiger partial charge on any atom is -0.354 e. The van der Waals surface area contributed by atoms with Gasteiger partial charge in [0, 0.05) is 19.6 Å². The summed E-state index contributed by atoms with van der Waals surface area (Å²) < 4.78 is 2.01. The van der Waals surface area contributed by atoms with Crippen LogP contribution in [0, 0.1) is 6.92 Å². The van der Waals surface area contributed by atoms with Crippen molar-refractivity contribution < 1.29 is 4.79 Å². The van der Waals surface area contributed by atoms with Crippen molar-refractivity contribution >= 4 is 5.91 Å². The summed E-state index contributed by atoms with van der Waals surface area (Å²) in [7, 11) is 0. The Balaban J connectivity index is 1.53. The number of aryl methyl sites for hydroxylation is 2. The lowest BCUT2D eigenvalue weighted by Gasteiger charge is -2.26. The highest BCUT2D eigenvalue weighted by Crippen LogP contribution is 2.33. The van der Waals surface area contributed by atoms with Gasteiger partial charge in [0.25, 0.3) is 0 Å². The van der Waals surface area contributed by atoms with Crippen molar-refractivity contribution in [2.75, 3.05) is 19.6 Å². The van der Waals surface area contributed by atoms with Gasteiger partial charge in [-0.3, -0.25) is 9.69 Å². The van der Waals surface area contributed by atoms with Crippen molar-refractivity contribution in [3.05, 3.63) is 46.8 Å². The number of nitrogens with one attached hydrogen (secondary N) is 1. The molecular formula is C18H23N5O. The van der Waals surface area contributed by atoms with Crippen LogP contribution in [0.1, 0.15) is 41.3 Å². The van der Waals surface area contributed by atoms with E-state index in [9.17, 15) is 4.79 Å². The summed E-state index contributed by atoms with van der Waals surface area (Å²) >= 11 is 0. The molecule has 0 radical (unpaired) electrons. The van der Waals surface area contributed by atoms with Crippen LogP contribution in [0.5, 0.6) is 0 Å². The van der Waals surface area contributed by atoms with E-state index in [1.54, 1.807) is 0 Å². The maximum absolute atomic E-state index is 11.5. The van der Waals surface area contributed by atoms with E-state index in [0.717, 1.165) is 25.1 Å². The Hall–Kier alpha value is -2.21. The third-order valence-corrected chi connectivity index (χ3v) is 4.96. The number of carbonyl (C=O) groups excluding carboxylic acids is 1. The van der Waals surface area contributed by atoms with E-state index in [1.807, 2.05) is 4.68 Å². The Kier molecular flexibility index (Phi) is 4.06. The van der Waals surface area contributed by atoms with Crippen LogP contribution in [0.3, 0.4) is 0 Å². The highest BCUT2D eigenvalue weighted by Gasteiger charge is 2.24. The number of piperazine rings is 1. The van der Waals surface area contributed by atoms with Crippen LogP contribution in [-0.4, -0.2) is 45.4 Å². The fourth-order valence-electron chi connectivity index (χ4n) is 3.76. The molecule has 1 amide bonds. The number of carbonyl (C=O) groups is 1. The molecule has 1 aliphatic carbocycles. The fraction of sp³-hybridized carbons (Fsp3) is 0.500. The van der Waals surface area contributed by atoms with Crippen LogP contribution in [0.2, 0.25) is 0 Å². The van der Waals surface area contributed by atoms with Gasteiger partial charge < -0.3 is 5.32 Å². The molecule has 126 valence electrons. The third kappa shape index (κ3) is 3.06. The lowest BCUT2D eigenvalue weighted by atomic mass is 9.87. The van der Waals surface area contributed by atoms with Gasteiger partial charge in [-0.05, 0) is 37.3 Å². The topological polar surface area (TPSA) is 63.0 Å². The summed E-state index contributed by atoms with van der Waals surface area (Å²) in [5.74, 6) is 0.0883. The maximum atomic E-state index is 11.5. The third-order valence-electron chi connectivity index (χ3n) is 4.96. The average molecular weight is 325 g/mol. The quantitative estimate of drug-likeness (QED) is 0.928. The van der Waals surface area contributed by atoms with Crippen LogP contribution >= 0.6 is 0 Å². The molecule has 1 aromatic carbocycles. The largest absolute Gasteiger partial charge is 0.354 e. The van der Waals surface area contributed by atoms with Crippen molar-refractivity contribution in [3.63, 3.8) is 0 Å². The van der Waals surface area contributed by atoms with Crippen LogP contribution in [0.25, 0.3) is 0 Å². The van der Waals surface area contributed by atoms with Crippen molar-refractivity contribution in [3.8, 4) is 0 Å². The van der Waals surface area contributed by atoms with Crippen LogP contribution in [-0.2, 0) is 17.8 Å². The normalized spacial score (nSPS) is 21.4. The van der Waals surface area contributed by atoms with E-state index >= 15 is 0 Å². The Morgan fingerprint density at radius 1 is 1.38 bits per heavy atom. The second kappa shape index (κ2) is 6.36. The minimum atomic E-state index is 0.0883. The Bertz CT molecular complexity index is 754. The Morgan fingerprint density at radius 2 is 2.29 bits per heavy atom. The summed E-state index contributed by atoms with van der Waals surface area (Å²) in [6.45, 7) is 4.84. The highest BCUT2D eigenvalue weighted by atomic mass is 16.2. The molecule has 6 nitrogen and oxygen atoms in total. The first kappa shape index (κ1) is 15.3. The highest BCUT2D eigenvalue weighted by molar-refractivity contribution is 5.78. The van der Waals surface area contributed by atoms with Gasteiger partial charge in [-0.2, -0.15) is 0 Å². The number of amides is 1. The molecular weight excluding hydrogens is 302 g/mol. The first-order chi connectivity index (χ1) is 11.7. The second-order valence-corrected chi connectivity index (χ2v) is 6.86. The van der Waals surface area contributed by atoms with E-state index in [4.69, 9.17) is 0 Å². The molecule has 1 N–H and O–H groups in total. The standard InChI is InChI=1S/C18H23N5O/c1-13-5-6-14-3-2-4-17(16(14)9-13)23-11-15(20-21-23)10-22-8-7-19-18(24)12-22/h5-6,9,11,17H,2-4,7-8,10,12H2,1H3,(H,19,24)/t17-/m1/s1. The summed E-state index contributed by atoms with van der Waals surface area (Å²) in [6, 6.07) is 7.01.